The van der Waals surface area contributed by atoms with Gasteiger partial charge in [-0.25, -0.2) is 13.8 Å². The van der Waals surface area contributed by atoms with Crippen molar-refractivity contribution in [1.82, 2.24) is 5.43 Å². The topological polar surface area (TPSA) is 88.1 Å². The van der Waals surface area contributed by atoms with E-state index in [1.165, 1.54) is 30.5 Å². The molecule has 3 rings (SSSR count). The molecule has 0 heterocycles. The Morgan fingerprint density at radius 2 is 1.70 bits per heavy atom. The average molecular weight is 506 g/mol. The number of nitrogens with zero attached hydrogens (tertiary/aromatic N) is 2. The lowest BCUT2D eigenvalue weighted by atomic mass is 10.2. The van der Waals surface area contributed by atoms with Gasteiger partial charge in [-0.1, -0.05) is 53.5 Å². The summed E-state index contributed by atoms with van der Waals surface area (Å²) in [4.78, 5) is 12.7. The summed E-state index contributed by atoms with van der Waals surface area (Å²) in [6.45, 7) is 1.57. The summed E-state index contributed by atoms with van der Waals surface area (Å²) in [5.41, 5.74) is 3.17. The molecular weight excluding hydrogens is 485 g/mol. The fourth-order valence-corrected chi connectivity index (χ4v) is 4.64. The quantitative estimate of drug-likeness (QED) is 0.336. The van der Waals surface area contributed by atoms with Crippen LogP contribution in [0.3, 0.4) is 0 Å². The van der Waals surface area contributed by atoms with Crippen molar-refractivity contribution in [3.63, 3.8) is 0 Å². The van der Waals surface area contributed by atoms with Crippen LogP contribution in [0, 0.1) is 0 Å². The molecule has 3 aromatic carbocycles. The number of carbonyl (C=O) groups is 1. The first-order chi connectivity index (χ1) is 15.8. The van der Waals surface area contributed by atoms with E-state index in [-0.39, 0.29) is 10.6 Å². The number of halogens is 2. The Morgan fingerprint density at radius 1 is 1.03 bits per heavy atom. The molecule has 0 unspecified atom stereocenters. The predicted octanol–water partition coefficient (Wildman–Crippen LogP) is 4.74. The van der Waals surface area contributed by atoms with Crippen LogP contribution < -0.4 is 14.5 Å². The van der Waals surface area contributed by atoms with Crippen molar-refractivity contribution in [3.05, 3.63) is 88.4 Å². The van der Waals surface area contributed by atoms with E-state index in [4.69, 9.17) is 27.9 Å². The first kappa shape index (κ1) is 24.6. The maximum Gasteiger partial charge on any atom is 0.264 e. The highest BCUT2D eigenvalue weighted by Crippen LogP contribution is 2.32. The lowest BCUT2D eigenvalue weighted by molar-refractivity contribution is -0.119. The fraction of sp³-hybridized carbons (Fsp3) is 0.130. The van der Waals surface area contributed by atoms with Gasteiger partial charge < -0.3 is 4.74 Å². The summed E-state index contributed by atoms with van der Waals surface area (Å²) >= 11 is 12.0. The van der Waals surface area contributed by atoms with Crippen LogP contribution in [0.2, 0.25) is 10.0 Å². The molecule has 0 saturated carbocycles. The standard InChI is InChI=1S/C23H21Cl2N3O4S/c1-2-32-22-10-6-5-9-21(22)28(33(30,31)19-13-11-18(24)12-14-19)16-23(29)27-26-15-17-7-3-4-8-20(17)25/h3-15H,2,16H2,1H3,(H,27,29)/b26-15-. The van der Waals surface area contributed by atoms with Crippen LogP contribution in [0.25, 0.3) is 0 Å². The third kappa shape index (κ3) is 6.25. The highest BCUT2D eigenvalue weighted by atomic mass is 35.5. The smallest absolute Gasteiger partial charge is 0.264 e. The highest BCUT2D eigenvalue weighted by molar-refractivity contribution is 7.92. The lowest BCUT2D eigenvalue weighted by Gasteiger charge is -2.25. The monoisotopic (exact) mass is 505 g/mol. The molecule has 10 heteroatoms. The summed E-state index contributed by atoms with van der Waals surface area (Å²) in [6.07, 6.45) is 1.38. The maximum absolute atomic E-state index is 13.5. The Kier molecular flexibility index (Phi) is 8.32. The summed E-state index contributed by atoms with van der Waals surface area (Å²) in [6, 6.07) is 19.2. The highest BCUT2D eigenvalue weighted by Gasteiger charge is 2.29. The molecular formula is C23H21Cl2N3O4S. The van der Waals surface area contributed by atoms with Gasteiger partial charge in [-0.2, -0.15) is 5.10 Å². The molecule has 0 atom stereocenters. The number of hydrogen-bond donors (Lipinski definition) is 1. The van der Waals surface area contributed by atoms with Crippen LogP contribution in [-0.4, -0.2) is 33.7 Å². The second kappa shape index (κ2) is 11.2. The van der Waals surface area contributed by atoms with Crippen LogP contribution in [0.4, 0.5) is 5.69 Å². The van der Waals surface area contributed by atoms with E-state index in [0.29, 0.717) is 28.0 Å². The summed E-state index contributed by atoms with van der Waals surface area (Å²) in [5.74, 6) is -0.327. The van der Waals surface area contributed by atoms with Crippen molar-refractivity contribution < 1.29 is 17.9 Å². The second-order valence-corrected chi connectivity index (χ2v) is 9.39. The lowest BCUT2D eigenvalue weighted by Crippen LogP contribution is -2.39. The van der Waals surface area contributed by atoms with Crippen molar-refractivity contribution >= 4 is 51.0 Å². The normalized spacial score (nSPS) is 11.4. The van der Waals surface area contributed by atoms with Gasteiger partial charge in [0, 0.05) is 15.6 Å². The van der Waals surface area contributed by atoms with Crippen molar-refractivity contribution in [2.75, 3.05) is 17.5 Å². The van der Waals surface area contributed by atoms with Gasteiger partial charge in [0.1, 0.15) is 12.3 Å². The van der Waals surface area contributed by atoms with E-state index in [1.54, 1.807) is 55.5 Å². The van der Waals surface area contributed by atoms with E-state index >= 15 is 0 Å². The molecule has 0 aliphatic rings. The molecule has 7 nitrogen and oxygen atoms in total. The molecule has 1 amide bonds. The van der Waals surface area contributed by atoms with Crippen LogP contribution >= 0.6 is 23.2 Å². The minimum atomic E-state index is -4.13. The molecule has 0 saturated heterocycles. The van der Waals surface area contributed by atoms with Crippen LogP contribution in [0.15, 0.2) is 82.8 Å². The van der Waals surface area contributed by atoms with Crippen LogP contribution in [0.5, 0.6) is 5.75 Å². The summed E-state index contributed by atoms with van der Waals surface area (Å²) in [7, 11) is -4.13. The van der Waals surface area contributed by atoms with Crippen LogP contribution in [-0.2, 0) is 14.8 Å². The van der Waals surface area contributed by atoms with Gasteiger partial charge in [0.15, 0.2) is 0 Å². The Labute approximate surface area is 202 Å². The van der Waals surface area contributed by atoms with Crippen molar-refractivity contribution in [2.24, 2.45) is 5.10 Å². The first-order valence-electron chi connectivity index (χ1n) is 9.89. The molecule has 0 radical (unpaired) electrons. The molecule has 0 aliphatic carbocycles. The van der Waals surface area contributed by atoms with Gasteiger partial charge in [-0.15, -0.1) is 0 Å². The molecule has 0 spiro atoms. The summed E-state index contributed by atoms with van der Waals surface area (Å²) in [5, 5.41) is 4.75. The van der Waals surface area contributed by atoms with E-state index in [1.807, 2.05) is 0 Å². The van der Waals surface area contributed by atoms with E-state index in [0.717, 1.165) is 4.31 Å². The zero-order chi connectivity index (χ0) is 23.8. The first-order valence-corrected chi connectivity index (χ1v) is 12.1. The number of ether oxygens (including phenoxy) is 1. The van der Waals surface area contributed by atoms with E-state index in [2.05, 4.69) is 10.5 Å². The number of benzene rings is 3. The third-order valence-corrected chi connectivity index (χ3v) is 6.79. The maximum atomic E-state index is 13.5. The summed E-state index contributed by atoms with van der Waals surface area (Å²) < 4.78 is 33.5. The Balaban J connectivity index is 1.91. The van der Waals surface area contributed by atoms with Crippen molar-refractivity contribution in [3.8, 4) is 5.75 Å². The van der Waals surface area contributed by atoms with E-state index < -0.39 is 22.5 Å². The number of amides is 1. The zero-order valence-electron chi connectivity index (χ0n) is 17.6. The predicted molar refractivity (Wildman–Crippen MR) is 131 cm³/mol. The molecule has 0 aliphatic heterocycles. The molecule has 0 bridgehead atoms. The van der Waals surface area contributed by atoms with Gasteiger partial charge in [0.25, 0.3) is 15.9 Å². The number of sulfonamides is 1. The molecule has 0 fully saturated rings. The third-order valence-electron chi connectivity index (χ3n) is 4.42. The molecule has 1 N–H and O–H groups in total. The Morgan fingerprint density at radius 3 is 2.39 bits per heavy atom. The Hall–Kier alpha value is -3.07. The van der Waals surface area contributed by atoms with Gasteiger partial charge in [-0.3, -0.25) is 9.10 Å². The fourth-order valence-electron chi connectivity index (χ4n) is 2.89. The number of rotatable bonds is 9. The molecule has 33 heavy (non-hydrogen) atoms. The Bertz CT molecular complexity index is 1250. The SMILES string of the molecule is CCOc1ccccc1N(CC(=O)N/N=C\c1ccccc1Cl)S(=O)(=O)c1ccc(Cl)cc1. The zero-order valence-corrected chi connectivity index (χ0v) is 19.9. The molecule has 0 aromatic heterocycles. The molecule has 172 valence electrons. The van der Waals surface area contributed by atoms with Gasteiger partial charge in [-0.05, 0) is 49.4 Å². The number of carbonyl (C=O) groups excluding carboxylic acids is 1. The van der Waals surface area contributed by atoms with Gasteiger partial charge in [0.2, 0.25) is 0 Å². The van der Waals surface area contributed by atoms with Crippen molar-refractivity contribution in [1.29, 1.82) is 0 Å². The van der Waals surface area contributed by atoms with Crippen LogP contribution in [0.1, 0.15) is 12.5 Å². The number of anilines is 1. The number of para-hydroxylation sites is 2. The second-order valence-electron chi connectivity index (χ2n) is 6.68. The number of hydrazone groups is 1. The molecule has 3 aromatic rings. The minimum Gasteiger partial charge on any atom is -0.492 e. The minimum absolute atomic E-state index is 0.0226. The van der Waals surface area contributed by atoms with Gasteiger partial charge in [0.05, 0.1) is 23.4 Å². The largest absolute Gasteiger partial charge is 0.492 e. The number of nitrogens with one attached hydrogen (secondary N) is 1. The van der Waals surface area contributed by atoms with Gasteiger partial charge >= 0.3 is 0 Å². The van der Waals surface area contributed by atoms with E-state index in [9.17, 15) is 13.2 Å². The average Bonchev–Trinajstić information content (AvgIpc) is 2.80. The number of hydrogen-bond acceptors (Lipinski definition) is 5. The van der Waals surface area contributed by atoms with Crippen molar-refractivity contribution in [2.45, 2.75) is 11.8 Å².